The number of rotatable bonds is 5. The molecule has 118 valence electrons. The van der Waals surface area contributed by atoms with Crippen molar-refractivity contribution in [3.05, 3.63) is 0 Å². The molecule has 0 aromatic carbocycles. The summed E-state index contributed by atoms with van der Waals surface area (Å²) in [6.45, 7) is 10.6. The van der Waals surface area contributed by atoms with E-state index in [9.17, 15) is 4.79 Å². The smallest absolute Gasteiger partial charge is 0.410 e. The molecule has 1 rings (SSSR count). The van der Waals surface area contributed by atoms with Gasteiger partial charge in [-0.25, -0.2) is 4.79 Å². The Morgan fingerprint density at radius 3 is 2.80 bits per heavy atom. The molecule has 0 bridgehead atoms. The lowest BCUT2D eigenvalue weighted by Crippen LogP contribution is -2.49. The first-order chi connectivity index (χ1) is 9.31. The van der Waals surface area contributed by atoms with Crippen LogP contribution in [0.15, 0.2) is 0 Å². The van der Waals surface area contributed by atoms with Crippen molar-refractivity contribution in [3.8, 4) is 0 Å². The van der Waals surface area contributed by atoms with E-state index in [1.807, 2.05) is 37.4 Å². The molecule has 1 aliphatic rings. The van der Waals surface area contributed by atoms with Gasteiger partial charge in [0.05, 0.1) is 0 Å². The summed E-state index contributed by atoms with van der Waals surface area (Å²) in [6.07, 6.45) is 5.34. The van der Waals surface area contributed by atoms with Crippen LogP contribution in [0.3, 0.4) is 0 Å². The first-order valence-corrected chi connectivity index (χ1v) is 8.84. The van der Waals surface area contributed by atoms with Crippen LogP contribution in [0.4, 0.5) is 4.79 Å². The SMILES string of the molecule is CSC(C)CCNC1CCCN(C(=O)OC(C)(C)C)C1. The van der Waals surface area contributed by atoms with Gasteiger partial charge in [0.1, 0.15) is 5.60 Å². The molecule has 0 radical (unpaired) electrons. The van der Waals surface area contributed by atoms with Crippen LogP contribution in [0.2, 0.25) is 0 Å². The zero-order chi connectivity index (χ0) is 15.2. The Balaban J connectivity index is 2.33. The highest BCUT2D eigenvalue weighted by Crippen LogP contribution is 2.16. The van der Waals surface area contributed by atoms with E-state index >= 15 is 0 Å². The van der Waals surface area contributed by atoms with Crippen LogP contribution in [0.5, 0.6) is 0 Å². The van der Waals surface area contributed by atoms with Gasteiger partial charge in [-0.05, 0) is 52.8 Å². The number of nitrogens with one attached hydrogen (secondary N) is 1. The number of carbonyl (C=O) groups excluding carboxylic acids is 1. The van der Waals surface area contributed by atoms with Crippen molar-refractivity contribution in [3.63, 3.8) is 0 Å². The first-order valence-electron chi connectivity index (χ1n) is 7.56. The normalized spacial score (nSPS) is 21.6. The zero-order valence-corrected chi connectivity index (χ0v) is 14.4. The molecular formula is C15H30N2O2S. The van der Waals surface area contributed by atoms with E-state index < -0.39 is 5.60 Å². The van der Waals surface area contributed by atoms with Gasteiger partial charge in [-0.15, -0.1) is 0 Å². The summed E-state index contributed by atoms with van der Waals surface area (Å²) in [5.74, 6) is 0. The average Bonchev–Trinajstić information content (AvgIpc) is 2.37. The van der Waals surface area contributed by atoms with Crippen LogP contribution in [0, 0.1) is 0 Å². The standard InChI is InChI=1S/C15H30N2O2S/c1-12(20-5)8-9-16-13-7-6-10-17(11-13)14(18)19-15(2,3)4/h12-13,16H,6-11H2,1-5H3. The van der Waals surface area contributed by atoms with Crippen LogP contribution in [-0.4, -0.2) is 53.8 Å². The Morgan fingerprint density at radius 1 is 1.50 bits per heavy atom. The second kappa shape index (κ2) is 8.13. The number of carbonyl (C=O) groups is 1. The van der Waals surface area contributed by atoms with Gasteiger partial charge in [0, 0.05) is 24.4 Å². The summed E-state index contributed by atoms with van der Waals surface area (Å²) in [5, 5.41) is 4.26. The molecule has 0 aromatic rings. The van der Waals surface area contributed by atoms with Gasteiger partial charge in [0.15, 0.2) is 0 Å². The van der Waals surface area contributed by atoms with Gasteiger partial charge in [0.2, 0.25) is 0 Å². The van der Waals surface area contributed by atoms with Crippen molar-refractivity contribution in [2.75, 3.05) is 25.9 Å². The number of amides is 1. The molecule has 1 amide bonds. The highest BCUT2D eigenvalue weighted by atomic mass is 32.2. The van der Waals surface area contributed by atoms with Gasteiger partial charge in [-0.1, -0.05) is 6.92 Å². The third kappa shape index (κ3) is 6.84. The van der Waals surface area contributed by atoms with Gasteiger partial charge in [-0.3, -0.25) is 0 Å². The molecule has 1 fully saturated rings. The zero-order valence-electron chi connectivity index (χ0n) is 13.6. The lowest BCUT2D eigenvalue weighted by Gasteiger charge is -2.34. The number of hydrogen-bond donors (Lipinski definition) is 1. The molecule has 0 aliphatic carbocycles. The monoisotopic (exact) mass is 302 g/mol. The lowest BCUT2D eigenvalue weighted by molar-refractivity contribution is 0.0188. The number of thioether (sulfide) groups is 1. The number of ether oxygens (including phenoxy) is 1. The largest absolute Gasteiger partial charge is 0.444 e. The summed E-state index contributed by atoms with van der Waals surface area (Å²) in [7, 11) is 0. The third-order valence-electron chi connectivity index (χ3n) is 3.46. The molecule has 1 N–H and O–H groups in total. The van der Waals surface area contributed by atoms with E-state index in [2.05, 4.69) is 18.5 Å². The Kier molecular flexibility index (Phi) is 7.17. The summed E-state index contributed by atoms with van der Waals surface area (Å²) < 4.78 is 5.44. The van der Waals surface area contributed by atoms with Gasteiger partial charge in [-0.2, -0.15) is 11.8 Å². The Hall–Kier alpha value is -0.420. The molecule has 1 heterocycles. The quantitative estimate of drug-likeness (QED) is 0.847. The van der Waals surface area contributed by atoms with Crippen LogP contribution in [0.25, 0.3) is 0 Å². The molecule has 0 spiro atoms. The average molecular weight is 302 g/mol. The summed E-state index contributed by atoms with van der Waals surface area (Å²) in [6, 6.07) is 0.408. The molecule has 20 heavy (non-hydrogen) atoms. The van der Waals surface area contributed by atoms with Crippen molar-refractivity contribution >= 4 is 17.9 Å². The van der Waals surface area contributed by atoms with Crippen molar-refractivity contribution in [2.45, 2.75) is 63.9 Å². The Morgan fingerprint density at radius 2 is 2.20 bits per heavy atom. The van der Waals surface area contributed by atoms with E-state index in [4.69, 9.17) is 4.74 Å². The maximum atomic E-state index is 12.1. The molecule has 1 aliphatic heterocycles. The Bertz CT molecular complexity index is 305. The number of nitrogens with zero attached hydrogens (tertiary/aromatic N) is 1. The van der Waals surface area contributed by atoms with Crippen LogP contribution in [-0.2, 0) is 4.74 Å². The maximum Gasteiger partial charge on any atom is 0.410 e. The second-order valence-electron chi connectivity index (χ2n) is 6.55. The minimum atomic E-state index is -0.411. The fourth-order valence-corrected chi connectivity index (χ4v) is 2.60. The topological polar surface area (TPSA) is 41.6 Å². The van der Waals surface area contributed by atoms with Crippen molar-refractivity contribution in [2.24, 2.45) is 0 Å². The molecule has 5 heteroatoms. The molecule has 0 aromatic heterocycles. The van der Waals surface area contributed by atoms with Gasteiger partial charge < -0.3 is 15.0 Å². The molecular weight excluding hydrogens is 272 g/mol. The minimum Gasteiger partial charge on any atom is -0.444 e. The van der Waals surface area contributed by atoms with E-state index in [0.717, 1.165) is 32.5 Å². The highest BCUT2D eigenvalue weighted by Gasteiger charge is 2.27. The highest BCUT2D eigenvalue weighted by molar-refractivity contribution is 7.99. The fourth-order valence-electron chi connectivity index (χ4n) is 2.24. The number of likely N-dealkylation sites (tertiary alicyclic amines) is 1. The molecule has 4 nitrogen and oxygen atoms in total. The second-order valence-corrected chi connectivity index (χ2v) is 7.83. The molecule has 2 unspecified atom stereocenters. The summed E-state index contributed by atoms with van der Waals surface area (Å²) >= 11 is 1.90. The number of hydrogen-bond acceptors (Lipinski definition) is 4. The molecule has 0 saturated carbocycles. The fraction of sp³-hybridized carbons (Fsp3) is 0.933. The molecule has 1 saturated heterocycles. The third-order valence-corrected chi connectivity index (χ3v) is 4.50. The molecule has 2 atom stereocenters. The van der Waals surface area contributed by atoms with Gasteiger partial charge in [0.25, 0.3) is 0 Å². The minimum absolute atomic E-state index is 0.179. The number of piperidine rings is 1. The van der Waals surface area contributed by atoms with E-state index in [1.54, 1.807) is 0 Å². The maximum absolute atomic E-state index is 12.1. The summed E-state index contributed by atoms with van der Waals surface area (Å²) in [4.78, 5) is 13.9. The van der Waals surface area contributed by atoms with E-state index in [0.29, 0.717) is 11.3 Å². The van der Waals surface area contributed by atoms with E-state index in [-0.39, 0.29) is 6.09 Å². The summed E-state index contributed by atoms with van der Waals surface area (Å²) in [5.41, 5.74) is -0.411. The van der Waals surface area contributed by atoms with Gasteiger partial charge >= 0.3 is 6.09 Å². The predicted molar refractivity (Wildman–Crippen MR) is 86.4 cm³/mol. The van der Waals surface area contributed by atoms with Crippen molar-refractivity contribution in [1.29, 1.82) is 0 Å². The lowest BCUT2D eigenvalue weighted by atomic mass is 10.1. The predicted octanol–water partition coefficient (Wildman–Crippen LogP) is 3.12. The van der Waals surface area contributed by atoms with Crippen LogP contribution < -0.4 is 5.32 Å². The van der Waals surface area contributed by atoms with Crippen LogP contribution >= 0.6 is 11.8 Å². The van der Waals surface area contributed by atoms with Crippen LogP contribution in [0.1, 0.15) is 47.0 Å². The van der Waals surface area contributed by atoms with E-state index in [1.165, 1.54) is 6.42 Å². The Labute approximate surface area is 128 Å². The van der Waals surface area contributed by atoms with Crippen molar-refractivity contribution in [1.82, 2.24) is 10.2 Å². The van der Waals surface area contributed by atoms with Crippen molar-refractivity contribution < 1.29 is 9.53 Å². The first kappa shape index (κ1) is 17.6.